The summed E-state index contributed by atoms with van der Waals surface area (Å²) in [7, 11) is -0.650. The highest BCUT2D eigenvalue weighted by atomic mass is 32.2. The van der Waals surface area contributed by atoms with Crippen LogP contribution in [-0.2, 0) is 19.6 Å². The molecule has 6 nitrogen and oxygen atoms in total. The van der Waals surface area contributed by atoms with Crippen molar-refractivity contribution in [2.75, 3.05) is 33.9 Å². The fourth-order valence-electron chi connectivity index (χ4n) is 1.56. The van der Waals surface area contributed by atoms with Crippen LogP contribution in [0.2, 0.25) is 0 Å². The molecule has 1 N–H and O–H groups in total. The van der Waals surface area contributed by atoms with E-state index >= 15 is 0 Å². The van der Waals surface area contributed by atoms with Crippen molar-refractivity contribution in [3.63, 3.8) is 0 Å². The molecule has 7 heteroatoms. The number of methoxy groups -OCH3 is 1. The number of benzene rings is 1. The van der Waals surface area contributed by atoms with Gasteiger partial charge in [0.05, 0.1) is 11.4 Å². The molecule has 0 atom stereocenters. The first-order chi connectivity index (χ1) is 9.48. The molecule has 1 amide bonds. The SMILES string of the molecule is COCCCNC(=O)CN(C)S(=O)(=O)c1ccccc1. The Labute approximate surface area is 119 Å². The van der Waals surface area contributed by atoms with Crippen molar-refractivity contribution < 1.29 is 17.9 Å². The number of hydrogen-bond donors (Lipinski definition) is 1. The predicted octanol–water partition coefficient (Wildman–Crippen LogP) is 0.460. The Morgan fingerprint density at radius 1 is 1.30 bits per heavy atom. The minimum absolute atomic E-state index is 0.176. The number of likely N-dealkylation sites (N-methyl/N-ethyl adjacent to an activating group) is 1. The van der Waals surface area contributed by atoms with Crippen LogP contribution in [0.4, 0.5) is 0 Å². The van der Waals surface area contributed by atoms with E-state index in [1.54, 1.807) is 25.3 Å². The monoisotopic (exact) mass is 300 g/mol. The van der Waals surface area contributed by atoms with Gasteiger partial charge in [-0.15, -0.1) is 0 Å². The fraction of sp³-hybridized carbons (Fsp3) is 0.462. The van der Waals surface area contributed by atoms with Gasteiger partial charge in [-0.05, 0) is 18.6 Å². The Balaban J connectivity index is 2.53. The summed E-state index contributed by atoms with van der Waals surface area (Å²) in [5.74, 6) is -0.330. The molecule has 0 radical (unpaired) electrons. The maximum Gasteiger partial charge on any atom is 0.243 e. The number of hydrogen-bond acceptors (Lipinski definition) is 4. The molecule has 0 aliphatic heterocycles. The highest BCUT2D eigenvalue weighted by Gasteiger charge is 2.22. The van der Waals surface area contributed by atoms with Crippen LogP contribution in [0.15, 0.2) is 35.2 Å². The van der Waals surface area contributed by atoms with E-state index in [-0.39, 0.29) is 17.3 Å². The van der Waals surface area contributed by atoms with Gasteiger partial charge in [0.2, 0.25) is 15.9 Å². The zero-order valence-electron chi connectivity index (χ0n) is 11.7. The molecule has 0 unspecified atom stereocenters. The molecule has 0 spiro atoms. The minimum Gasteiger partial charge on any atom is -0.385 e. The first-order valence-electron chi connectivity index (χ1n) is 6.25. The Bertz CT molecular complexity index is 516. The van der Waals surface area contributed by atoms with Crippen LogP contribution >= 0.6 is 0 Å². The average Bonchev–Trinajstić information content (AvgIpc) is 2.44. The van der Waals surface area contributed by atoms with Gasteiger partial charge in [0.15, 0.2) is 0 Å². The molecule has 112 valence electrons. The van der Waals surface area contributed by atoms with Crippen LogP contribution in [0.5, 0.6) is 0 Å². The maximum absolute atomic E-state index is 12.2. The number of carbonyl (C=O) groups excluding carboxylic acids is 1. The van der Waals surface area contributed by atoms with E-state index < -0.39 is 10.0 Å². The molecule has 0 saturated carbocycles. The highest BCUT2D eigenvalue weighted by molar-refractivity contribution is 7.89. The van der Waals surface area contributed by atoms with Crippen molar-refractivity contribution in [1.29, 1.82) is 0 Å². The third kappa shape index (κ3) is 4.92. The van der Waals surface area contributed by atoms with Crippen LogP contribution in [-0.4, -0.2) is 52.5 Å². The van der Waals surface area contributed by atoms with Gasteiger partial charge in [-0.3, -0.25) is 4.79 Å². The summed E-state index contributed by atoms with van der Waals surface area (Å²) in [6, 6.07) is 8.03. The summed E-state index contributed by atoms with van der Waals surface area (Å²) in [6.07, 6.45) is 0.692. The van der Waals surface area contributed by atoms with Crippen LogP contribution in [0, 0.1) is 0 Å². The lowest BCUT2D eigenvalue weighted by atomic mass is 10.4. The number of carbonyl (C=O) groups is 1. The van der Waals surface area contributed by atoms with Gasteiger partial charge >= 0.3 is 0 Å². The number of nitrogens with zero attached hydrogens (tertiary/aromatic N) is 1. The summed E-state index contributed by atoms with van der Waals surface area (Å²) >= 11 is 0. The molecule has 0 aliphatic carbocycles. The molecule has 0 saturated heterocycles. The molecular formula is C13H20N2O4S. The van der Waals surface area contributed by atoms with E-state index in [1.165, 1.54) is 19.2 Å². The maximum atomic E-state index is 12.2. The van der Waals surface area contributed by atoms with Gasteiger partial charge in [0.1, 0.15) is 0 Å². The Hall–Kier alpha value is -1.44. The summed E-state index contributed by atoms with van der Waals surface area (Å²) in [6.45, 7) is 0.814. The lowest BCUT2D eigenvalue weighted by molar-refractivity contribution is -0.121. The van der Waals surface area contributed by atoms with Crippen molar-refractivity contribution in [1.82, 2.24) is 9.62 Å². The lowest BCUT2D eigenvalue weighted by Crippen LogP contribution is -2.38. The van der Waals surface area contributed by atoms with E-state index in [0.717, 1.165) is 4.31 Å². The van der Waals surface area contributed by atoms with E-state index in [0.29, 0.717) is 19.6 Å². The first kappa shape index (κ1) is 16.6. The predicted molar refractivity (Wildman–Crippen MR) is 75.8 cm³/mol. The largest absolute Gasteiger partial charge is 0.385 e. The molecule has 0 fully saturated rings. The third-order valence-corrected chi connectivity index (χ3v) is 4.48. The smallest absolute Gasteiger partial charge is 0.243 e. The average molecular weight is 300 g/mol. The Kier molecular flexibility index (Phi) is 6.63. The number of ether oxygens (including phenoxy) is 1. The van der Waals surface area contributed by atoms with E-state index in [2.05, 4.69) is 5.32 Å². The van der Waals surface area contributed by atoms with Gasteiger partial charge in [0.25, 0.3) is 0 Å². The second-order valence-corrected chi connectivity index (χ2v) is 6.32. The second-order valence-electron chi connectivity index (χ2n) is 4.27. The molecule has 0 heterocycles. The summed E-state index contributed by atoms with van der Waals surface area (Å²) in [4.78, 5) is 11.8. The standard InChI is InChI=1S/C13H20N2O4S/c1-15(11-13(16)14-9-6-10-19-2)20(17,18)12-7-4-3-5-8-12/h3-5,7-8H,6,9-11H2,1-2H3,(H,14,16). The van der Waals surface area contributed by atoms with Gasteiger partial charge in [0, 0.05) is 27.3 Å². The van der Waals surface area contributed by atoms with Gasteiger partial charge in [-0.25, -0.2) is 8.42 Å². The van der Waals surface area contributed by atoms with Crippen molar-refractivity contribution in [2.24, 2.45) is 0 Å². The van der Waals surface area contributed by atoms with E-state index in [9.17, 15) is 13.2 Å². The quantitative estimate of drug-likeness (QED) is 0.708. The number of sulfonamides is 1. The van der Waals surface area contributed by atoms with Crippen LogP contribution < -0.4 is 5.32 Å². The van der Waals surface area contributed by atoms with Crippen molar-refractivity contribution >= 4 is 15.9 Å². The van der Waals surface area contributed by atoms with E-state index in [1.807, 2.05) is 0 Å². The third-order valence-electron chi connectivity index (χ3n) is 2.67. The van der Waals surface area contributed by atoms with Crippen LogP contribution in [0.3, 0.4) is 0 Å². The zero-order valence-corrected chi connectivity index (χ0v) is 12.5. The summed E-state index contributed by atoms with van der Waals surface area (Å²) in [5, 5.41) is 2.65. The Morgan fingerprint density at radius 3 is 2.55 bits per heavy atom. The molecule has 0 aromatic heterocycles. The highest BCUT2D eigenvalue weighted by Crippen LogP contribution is 2.12. The molecule has 1 aromatic rings. The lowest BCUT2D eigenvalue weighted by Gasteiger charge is -2.16. The topological polar surface area (TPSA) is 75.7 Å². The summed E-state index contributed by atoms with van der Waals surface area (Å²) in [5.41, 5.74) is 0. The number of nitrogens with one attached hydrogen (secondary N) is 1. The molecule has 0 bridgehead atoms. The normalized spacial score (nSPS) is 11.6. The van der Waals surface area contributed by atoms with Crippen molar-refractivity contribution in [3.8, 4) is 0 Å². The molecule has 0 aliphatic rings. The Morgan fingerprint density at radius 2 is 1.95 bits per heavy atom. The van der Waals surface area contributed by atoms with Crippen molar-refractivity contribution in [3.05, 3.63) is 30.3 Å². The van der Waals surface area contributed by atoms with E-state index in [4.69, 9.17) is 4.74 Å². The number of rotatable bonds is 8. The first-order valence-corrected chi connectivity index (χ1v) is 7.69. The van der Waals surface area contributed by atoms with Crippen LogP contribution in [0.1, 0.15) is 6.42 Å². The van der Waals surface area contributed by atoms with Crippen molar-refractivity contribution in [2.45, 2.75) is 11.3 Å². The van der Waals surface area contributed by atoms with Gasteiger partial charge in [-0.2, -0.15) is 4.31 Å². The van der Waals surface area contributed by atoms with Crippen LogP contribution in [0.25, 0.3) is 0 Å². The summed E-state index contributed by atoms with van der Waals surface area (Å²) < 4.78 is 30.2. The minimum atomic E-state index is -3.62. The van der Waals surface area contributed by atoms with Gasteiger partial charge < -0.3 is 10.1 Å². The van der Waals surface area contributed by atoms with Gasteiger partial charge in [-0.1, -0.05) is 18.2 Å². The molecule has 1 aromatic carbocycles. The number of amides is 1. The molecule has 1 rings (SSSR count). The fourth-order valence-corrected chi connectivity index (χ4v) is 2.71. The molecular weight excluding hydrogens is 280 g/mol. The second kappa shape index (κ2) is 7.98. The zero-order chi connectivity index (χ0) is 15.0. The molecule has 20 heavy (non-hydrogen) atoms.